The van der Waals surface area contributed by atoms with Crippen molar-refractivity contribution in [1.82, 2.24) is 9.97 Å². The molecule has 0 spiro atoms. The van der Waals surface area contributed by atoms with Crippen molar-refractivity contribution in [2.75, 3.05) is 0 Å². The van der Waals surface area contributed by atoms with Crippen LogP contribution in [0.5, 0.6) is 0 Å². The standard InChI is InChI=1S/C16H23N3/c17-9-15-16(19-6-5-18-15)14-8-10-7-13(14)12-4-2-1-3-11(10)12/h5-6,10-14H,1-4,7-9,17H2. The van der Waals surface area contributed by atoms with Crippen LogP contribution in [0.4, 0.5) is 0 Å². The van der Waals surface area contributed by atoms with Crippen LogP contribution in [0, 0.1) is 23.7 Å². The fourth-order valence-corrected chi connectivity index (χ4v) is 5.40. The van der Waals surface area contributed by atoms with Gasteiger partial charge in [-0.15, -0.1) is 0 Å². The quantitative estimate of drug-likeness (QED) is 0.886. The molecule has 1 aromatic rings. The van der Waals surface area contributed by atoms with Crippen LogP contribution in [0.2, 0.25) is 0 Å². The second kappa shape index (κ2) is 4.55. The molecule has 3 aliphatic rings. The van der Waals surface area contributed by atoms with Crippen molar-refractivity contribution in [3.05, 3.63) is 23.8 Å². The van der Waals surface area contributed by atoms with E-state index in [1.165, 1.54) is 44.2 Å². The van der Waals surface area contributed by atoms with E-state index in [-0.39, 0.29) is 0 Å². The van der Waals surface area contributed by atoms with Crippen LogP contribution in [0.3, 0.4) is 0 Å². The predicted molar refractivity (Wildman–Crippen MR) is 74.3 cm³/mol. The fraction of sp³-hybridized carbons (Fsp3) is 0.750. The Morgan fingerprint density at radius 2 is 1.79 bits per heavy atom. The molecule has 0 radical (unpaired) electrons. The van der Waals surface area contributed by atoms with Gasteiger partial charge in [0, 0.05) is 24.9 Å². The smallest absolute Gasteiger partial charge is 0.0757 e. The minimum absolute atomic E-state index is 0.533. The number of aromatic nitrogens is 2. The van der Waals surface area contributed by atoms with Gasteiger partial charge < -0.3 is 5.73 Å². The summed E-state index contributed by atoms with van der Waals surface area (Å²) >= 11 is 0. The molecule has 1 aromatic heterocycles. The molecule has 5 atom stereocenters. The molecule has 4 rings (SSSR count). The number of hydrogen-bond donors (Lipinski definition) is 1. The minimum Gasteiger partial charge on any atom is -0.325 e. The SMILES string of the molecule is NCc1nccnc1C1CC2CC1C1CCCCC21. The van der Waals surface area contributed by atoms with Crippen LogP contribution < -0.4 is 5.73 Å². The molecule has 3 nitrogen and oxygen atoms in total. The van der Waals surface area contributed by atoms with Crippen molar-refractivity contribution >= 4 is 0 Å². The third-order valence-corrected chi connectivity index (χ3v) is 6.03. The number of nitrogens with zero attached hydrogens (tertiary/aromatic N) is 2. The second-order valence-electron chi connectivity index (χ2n) is 6.71. The molecular formula is C16H23N3. The zero-order valence-corrected chi connectivity index (χ0v) is 11.5. The van der Waals surface area contributed by atoms with Crippen LogP contribution in [0.1, 0.15) is 55.8 Å². The molecule has 2 N–H and O–H groups in total. The summed E-state index contributed by atoms with van der Waals surface area (Å²) in [5, 5.41) is 0. The van der Waals surface area contributed by atoms with E-state index in [4.69, 9.17) is 5.73 Å². The molecule has 0 saturated heterocycles. The van der Waals surface area contributed by atoms with Gasteiger partial charge in [-0.2, -0.15) is 0 Å². The molecule has 19 heavy (non-hydrogen) atoms. The lowest BCUT2D eigenvalue weighted by atomic mass is 9.66. The predicted octanol–water partition coefficient (Wildman–Crippen LogP) is 2.87. The Kier molecular flexibility index (Phi) is 2.83. The second-order valence-corrected chi connectivity index (χ2v) is 6.71. The lowest BCUT2D eigenvalue weighted by Crippen LogP contribution is -2.30. The maximum Gasteiger partial charge on any atom is 0.0757 e. The summed E-state index contributed by atoms with van der Waals surface area (Å²) in [6.45, 7) is 0.533. The Labute approximate surface area is 115 Å². The molecule has 0 aromatic carbocycles. The summed E-state index contributed by atoms with van der Waals surface area (Å²) in [5.74, 6) is 4.50. The molecule has 2 bridgehead atoms. The first-order chi connectivity index (χ1) is 9.38. The van der Waals surface area contributed by atoms with E-state index >= 15 is 0 Å². The monoisotopic (exact) mass is 257 g/mol. The zero-order chi connectivity index (χ0) is 12.8. The maximum absolute atomic E-state index is 5.85. The van der Waals surface area contributed by atoms with Crippen LogP contribution in [-0.2, 0) is 6.54 Å². The normalized spacial score (nSPS) is 40.4. The maximum atomic E-state index is 5.85. The summed E-state index contributed by atoms with van der Waals surface area (Å²) in [7, 11) is 0. The summed E-state index contributed by atoms with van der Waals surface area (Å²) in [5.41, 5.74) is 8.10. The Hall–Kier alpha value is -0.960. The first kappa shape index (κ1) is 11.8. The Balaban J connectivity index is 1.64. The van der Waals surface area contributed by atoms with E-state index in [2.05, 4.69) is 9.97 Å². The summed E-state index contributed by atoms with van der Waals surface area (Å²) < 4.78 is 0. The first-order valence-corrected chi connectivity index (χ1v) is 7.88. The summed E-state index contributed by atoms with van der Waals surface area (Å²) in [6, 6.07) is 0. The van der Waals surface area contributed by atoms with Crippen LogP contribution in [0.25, 0.3) is 0 Å². The Bertz CT molecular complexity index is 473. The van der Waals surface area contributed by atoms with Gasteiger partial charge in [-0.1, -0.05) is 12.8 Å². The van der Waals surface area contributed by atoms with E-state index in [1.54, 1.807) is 6.20 Å². The molecule has 0 aliphatic heterocycles. The van der Waals surface area contributed by atoms with Gasteiger partial charge in [-0.3, -0.25) is 9.97 Å². The molecule has 0 amide bonds. The van der Waals surface area contributed by atoms with E-state index in [1.807, 2.05) is 6.20 Å². The zero-order valence-electron chi connectivity index (χ0n) is 11.5. The van der Waals surface area contributed by atoms with Gasteiger partial charge >= 0.3 is 0 Å². The highest BCUT2D eigenvalue weighted by Crippen LogP contribution is 2.62. The van der Waals surface area contributed by atoms with Crippen molar-refractivity contribution < 1.29 is 0 Å². The third kappa shape index (κ3) is 1.74. The topological polar surface area (TPSA) is 51.8 Å². The average Bonchev–Trinajstić information content (AvgIpc) is 3.06. The van der Waals surface area contributed by atoms with Crippen molar-refractivity contribution in [1.29, 1.82) is 0 Å². The van der Waals surface area contributed by atoms with E-state index < -0.39 is 0 Å². The largest absolute Gasteiger partial charge is 0.325 e. The number of nitrogens with two attached hydrogens (primary N) is 1. The highest BCUT2D eigenvalue weighted by Gasteiger charge is 2.53. The highest BCUT2D eigenvalue weighted by molar-refractivity contribution is 5.21. The lowest BCUT2D eigenvalue weighted by molar-refractivity contribution is 0.140. The number of fused-ring (bicyclic) bond motifs is 5. The van der Waals surface area contributed by atoms with Crippen LogP contribution >= 0.6 is 0 Å². The summed E-state index contributed by atoms with van der Waals surface area (Å²) in [4.78, 5) is 9.09. The van der Waals surface area contributed by atoms with Gasteiger partial charge in [0.05, 0.1) is 11.4 Å². The third-order valence-electron chi connectivity index (χ3n) is 6.03. The van der Waals surface area contributed by atoms with Gasteiger partial charge in [0.25, 0.3) is 0 Å². The van der Waals surface area contributed by atoms with E-state index in [0.29, 0.717) is 12.5 Å². The van der Waals surface area contributed by atoms with Gasteiger partial charge in [-0.25, -0.2) is 0 Å². The molecule has 5 unspecified atom stereocenters. The molecule has 3 saturated carbocycles. The van der Waals surface area contributed by atoms with E-state index in [9.17, 15) is 0 Å². The molecule has 3 aliphatic carbocycles. The highest BCUT2D eigenvalue weighted by atomic mass is 14.8. The van der Waals surface area contributed by atoms with Crippen molar-refractivity contribution in [2.45, 2.75) is 51.0 Å². The molecular weight excluding hydrogens is 234 g/mol. The number of rotatable bonds is 2. The van der Waals surface area contributed by atoms with Gasteiger partial charge in [0.15, 0.2) is 0 Å². The van der Waals surface area contributed by atoms with Crippen molar-refractivity contribution in [3.63, 3.8) is 0 Å². The molecule has 3 fully saturated rings. The summed E-state index contributed by atoms with van der Waals surface area (Å²) in [6.07, 6.45) is 12.3. The van der Waals surface area contributed by atoms with Crippen LogP contribution in [-0.4, -0.2) is 9.97 Å². The lowest BCUT2D eigenvalue weighted by Gasteiger charge is -2.39. The first-order valence-electron chi connectivity index (χ1n) is 7.88. The van der Waals surface area contributed by atoms with Crippen molar-refractivity contribution in [2.24, 2.45) is 29.4 Å². The van der Waals surface area contributed by atoms with E-state index in [0.717, 1.165) is 29.4 Å². The Morgan fingerprint density at radius 1 is 1.00 bits per heavy atom. The number of hydrogen-bond acceptors (Lipinski definition) is 3. The molecule has 102 valence electrons. The minimum atomic E-state index is 0.533. The van der Waals surface area contributed by atoms with Gasteiger partial charge in [0.2, 0.25) is 0 Å². The average molecular weight is 257 g/mol. The van der Waals surface area contributed by atoms with Gasteiger partial charge in [0.1, 0.15) is 0 Å². The van der Waals surface area contributed by atoms with Gasteiger partial charge in [-0.05, 0) is 49.4 Å². The fourth-order valence-electron chi connectivity index (χ4n) is 5.40. The van der Waals surface area contributed by atoms with Crippen molar-refractivity contribution in [3.8, 4) is 0 Å². The molecule has 3 heteroatoms. The molecule has 1 heterocycles. The Morgan fingerprint density at radius 3 is 2.63 bits per heavy atom. The van der Waals surface area contributed by atoms with Crippen LogP contribution in [0.15, 0.2) is 12.4 Å².